The highest BCUT2D eigenvalue weighted by molar-refractivity contribution is 8.26. The Kier molecular flexibility index (Phi) is 7.01. The van der Waals surface area contributed by atoms with Gasteiger partial charge in [-0.3, -0.25) is 9.69 Å². The molecule has 1 aromatic rings. The van der Waals surface area contributed by atoms with E-state index in [0.717, 1.165) is 23.7 Å². The maximum absolute atomic E-state index is 12.7. The molecule has 1 aliphatic heterocycles. The van der Waals surface area contributed by atoms with Gasteiger partial charge in [-0.1, -0.05) is 62.4 Å². The molecule has 1 atom stereocenters. The number of carboxylic acid groups (broad SMARTS) is 1. The average molecular weight is 380 g/mol. The smallest absolute Gasteiger partial charge is 0.326 e. The Balaban J connectivity index is 2.30. The predicted molar refractivity (Wildman–Crippen MR) is 104 cm³/mol. The molecule has 1 aromatic carbocycles. The zero-order valence-electron chi connectivity index (χ0n) is 14.2. The summed E-state index contributed by atoms with van der Waals surface area (Å²) in [5.41, 5.74) is 0.777. The first-order chi connectivity index (χ1) is 12.0. The van der Waals surface area contributed by atoms with Gasteiger partial charge in [0.2, 0.25) is 0 Å². The van der Waals surface area contributed by atoms with Gasteiger partial charge in [0.1, 0.15) is 16.1 Å². The van der Waals surface area contributed by atoms with E-state index in [1.54, 1.807) is 6.08 Å². The van der Waals surface area contributed by atoms with Gasteiger partial charge in [-0.2, -0.15) is 0 Å². The van der Waals surface area contributed by atoms with Crippen LogP contribution in [0.2, 0.25) is 0 Å². The van der Waals surface area contributed by atoms with Crippen LogP contribution in [0.5, 0.6) is 5.75 Å². The summed E-state index contributed by atoms with van der Waals surface area (Å²) in [5, 5.41) is 9.42. The number of thioether (sulfide) groups is 1. The van der Waals surface area contributed by atoms with Gasteiger partial charge in [0.05, 0.1) is 11.5 Å². The number of aliphatic carboxylic acids is 1. The van der Waals surface area contributed by atoms with Crippen molar-refractivity contribution < 1.29 is 19.4 Å². The molecule has 2 rings (SSSR count). The maximum Gasteiger partial charge on any atom is 0.326 e. The lowest BCUT2D eigenvalue weighted by atomic mass is 10.1. The monoisotopic (exact) mass is 379 g/mol. The Hall–Kier alpha value is -1.86. The summed E-state index contributed by atoms with van der Waals surface area (Å²) >= 11 is 6.39. The Bertz CT molecular complexity index is 702. The second-order valence-electron chi connectivity index (χ2n) is 5.58. The molecule has 7 heteroatoms. The summed E-state index contributed by atoms with van der Waals surface area (Å²) in [6.45, 7) is 4.49. The molecule has 1 fully saturated rings. The number of ether oxygens (including phenoxy) is 1. The number of rotatable bonds is 8. The number of hydrogen-bond acceptors (Lipinski definition) is 5. The molecule has 0 bridgehead atoms. The molecule has 134 valence electrons. The van der Waals surface area contributed by atoms with Crippen molar-refractivity contribution in [2.24, 2.45) is 0 Å². The first-order valence-corrected chi connectivity index (χ1v) is 9.43. The largest absolute Gasteiger partial charge is 0.493 e. The summed E-state index contributed by atoms with van der Waals surface area (Å²) < 4.78 is 5.99. The van der Waals surface area contributed by atoms with Crippen molar-refractivity contribution in [1.82, 2.24) is 4.90 Å². The van der Waals surface area contributed by atoms with Gasteiger partial charge in [0.15, 0.2) is 0 Å². The summed E-state index contributed by atoms with van der Waals surface area (Å²) in [7, 11) is 0. The van der Waals surface area contributed by atoms with Crippen molar-refractivity contribution >= 4 is 46.3 Å². The van der Waals surface area contributed by atoms with Crippen LogP contribution in [-0.2, 0) is 9.59 Å². The Labute approximate surface area is 157 Å². The van der Waals surface area contributed by atoms with Gasteiger partial charge in [-0.15, -0.1) is 0 Å². The molecule has 0 spiro atoms. The highest BCUT2D eigenvalue weighted by Crippen LogP contribution is 2.36. The number of benzene rings is 1. The molecule has 1 heterocycles. The molecule has 1 amide bonds. The Morgan fingerprint density at radius 2 is 2.08 bits per heavy atom. The number of carbonyl (C=O) groups excluding carboxylic acids is 1. The lowest BCUT2D eigenvalue weighted by molar-refractivity contribution is -0.145. The fourth-order valence-corrected chi connectivity index (χ4v) is 3.82. The van der Waals surface area contributed by atoms with Crippen molar-refractivity contribution in [3.63, 3.8) is 0 Å². The second kappa shape index (κ2) is 9.01. The van der Waals surface area contributed by atoms with Crippen molar-refractivity contribution in [3.8, 4) is 5.75 Å². The van der Waals surface area contributed by atoms with E-state index in [4.69, 9.17) is 17.0 Å². The summed E-state index contributed by atoms with van der Waals surface area (Å²) in [6, 6.07) is 6.52. The van der Waals surface area contributed by atoms with Crippen LogP contribution in [0.3, 0.4) is 0 Å². The SMILES string of the molecule is CCCOc1ccccc1/C=C1\SC(=S)N(C(CCC)C(=O)O)C1=O. The molecule has 0 radical (unpaired) electrons. The van der Waals surface area contributed by atoms with Crippen molar-refractivity contribution in [1.29, 1.82) is 0 Å². The number of para-hydroxylation sites is 1. The van der Waals surface area contributed by atoms with E-state index in [-0.39, 0.29) is 10.2 Å². The summed E-state index contributed by atoms with van der Waals surface area (Å²) in [6.07, 6.45) is 3.62. The quantitative estimate of drug-likeness (QED) is 0.545. The molecule has 0 saturated carbocycles. The summed E-state index contributed by atoms with van der Waals surface area (Å²) in [5.74, 6) is -0.704. The number of nitrogens with zero attached hydrogens (tertiary/aromatic N) is 1. The molecule has 25 heavy (non-hydrogen) atoms. The Morgan fingerprint density at radius 1 is 1.36 bits per heavy atom. The van der Waals surface area contributed by atoms with Gasteiger partial charge in [-0.25, -0.2) is 4.79 Å². The minimum Gasteiger partial charge on any atom is -0.493 e. The Morgan fingerprint density at radius 3 is 2.72 bits per heavy atom. The molecule has 0 aliphatic carbocycles. The third-order valence-corrected chi connectivity index (χ3v) is 4.98. The van der Waals surface area contributed by atoms with Crippen LogP contribution in [0, 0.1) is 0 Å². The third kappa shape index (κ3) is 4.61. The standard InChI is InChI=1S/C18H21NO4S2/c1-3-7-13(17(21)22)19-16(20)15(25-18(19)24)11-12-8-5-6-9-14(12)23-10-4-2/h5-6,8-9,11,13H,3-4,7,10H2,1-2H3,(H,21,22)/b15-11-. The van der Waals surface area contributed by atoms with Gasteiger partial charge < -0.3 is 9.84 Å². The number of amides is 1. The van der Waals surface area contributed by atoms with Crippen LogP contribution in [0.4, 0.5) is 0 Å². The number of thiocarbonyl (C=S) groups is 1. The fraction of sp³-hybridized carbons (Fsp3) is 0.389. The zero-order chi connectivity index (χ0) is 18.4. The molecule has 1 aliphatic rings. The minimum absolute atomic E-state index is 0.282. The number of hydrogen-bond donors (Lipinski definition) is 1. The number of carbonyl (C=O) groups is 2. The van der Waals surface area contributed by atoms with Crippen molar-refractivity contribution in [2.75, 3.05) is 6.61 Å². The second-order valence-corrected chi connectivity index (χ2v) is 7.26. The van der Waals surface area contributed by atoms with E-state index in [1.807, 2.05) is 38.1 Å². The first-order valence-electron chi connectivity index (χ1n) is 8.21. The third-order valence-electron chi connectivity index (χ3n) is 3.65. The predicted octanol–water partition coefficient (Wildman–Crippen LogP) is 3.93. The molecule has 0 aromatic heterocycles. The molecule has 1 N–H and O–H groups in total. The van der Waals surface area contributed by atoms with Crippen LogP contribution in [0.25, 0.3) is 6.08 Å². The van der Waals surface area contributed by atoms with E-state index in [9.17, 15) is 14.7 Å². The molecule has 1 saturated heterocycles. The van der Waals surface area contributed by atoms with Crippen LogP contribution >= 0.6 is 24.0 Å². The normalized spacial score (nSPS) is 17.2. The van der Waals surface area contributed by atoms with E-state index in [0.29, 0.717) is 30.1 Å². The van der Waals surface area contributed by atoms with Gasteiger partial charge >= 0.3 is 5.97 Å². The fourth-order valence-electron chi connectivity index (χ4n) is 2.47. The van der Waals surface area contributed by atoms with Crippen molar-refractivity contribution in [2.45, 2.75) is 39.2 Å². The molecule has 5 nitrogen and oxygen atoms in total. The zero-order valence-corrected chi connectivity index (χ0v) is 15.9. The average Bonchev–Trinajstić information content (AvgIpc) is 2.85. The summed E-state index contributed by atoms with van der Waals surface area (Å²) in [4.78, 5) is 25.8. The van der Waals surface area contributed by atoms with Crippen LogP contribution < -0.4 is 4.74 Å². The maximum atomic E-state index is 12.7. The highest BCUT2D eigenvalue weighted by atomic mass is 32.2. The first kappa shape index (κ1) is 19.5. The lowest BCUT2D eigenvalue weighted by Crippen LogP contribution is -2.43. The van der Waals surface area contributed by atoms with E-state index >= 15 is 0 Å². The number of carboxylic acids is 1. The van der Waals surface area contributed by atoms with Crippen LogP contribution in [0.1, 0.15) is 38.7 Å². The molecular weight excluding hydrogens is 358 g/mol. The highest BCUT2D eigenvalue weighted by Gasteiger charge is 2.40. The van der Waals surface area contributed by atoms with E-state index in [1.165, 1.54) is 4.90 Å². The lowest BCUT2D eigenvalue weighted by Gasteiger charge is -2.22. The van der Waals surface area contributed by atoms with Gasteiger partial charge in [-0.05, 0) is 25.0 Å². The van der Waals surface area contributed by atoms with Gasteiger partial charge in [0, 0.05) is 5.56 Å². The minimum atomic E-state index is -1.04. The molecular formula is C18H21NO4S2. The van der Waals surface area contributed by atoms with Crippen molar-refractivity contribution in [3.05, 3.63) is 34.7 Å². The topological polar surface area (TPSA) is 66.8 Å². The van der Waals surface area contributed by atoms with E-state index in [2.05, 4.69) is 0 Å². The van der Waals surface area contributed by atoms with Crippen LogP contribution in [-0.4, -0.2) is 38.9 Å². The van der Waals surface area contributed by atoms with Gasteiger partial charge in [0.25, 0.3) is 5.91 Å². The molecule has 1 unspecified atom stereocenters. The van der Waals surface area contributed by atoms with Crippen LogP contribution in [0.15, 0.2) is 29.2 Å². The van der Waals surface area contributed by atoms with E-state index < -0.39 is 12.0 Å².